The maximum atomic E-state index is 11.8. The molecular weight excluding hydrogens is 286 g/mol. The zero-order valence-corrected chi connectivity index (χ0v) is 14.0. The van der Waals surface area contributed by atoms with E-state index in [0.29, 0.717) is 13.0 Å². The van der Waals surface area contributed by atoms with E-state index in [0.717, 1.165) is 25.1 Å². The highest BCUT2D eigenvalue weighted by molar-refractivity contribution is 7.89. The van der Waals surface area contributed by atoms with Gasteiger partial charge in [-0.1, -0.05) is 26.8 Å². The van der Waals surface area contributed by atoms with Crippen LogP contribution in [0.5, 0.6) is 0 Å². The van der Waals surface area contributed by atoms with Crippen LogP contribution in [0, 0.1) is 5.41 Å². The summed E-state index contributed by atoms with van der Waals surface area (Å²) >= 11 is 0. The summed E-state index contributed by atoms with van der Waals surface area (Å²) in [6.45, 7) is 8.15. The molecule has 5 nitrogen and oxygen atoms in total. The monoisotopic (exact) mass is 313 g/mol. The van der Waals surface area contributed by atoms with E-state index in [2.05, 4.69) is 15.0 Å². The molecule has 0 spiro atoms. The minimum Gasteiger partial charge on any atom is -0.313 e. The summed E-state index contributed by atoms with van der Waals surface area (Å²) in [6.07, 6.45) is 5.01. The van der Waals surface area contributed by atoms with Gasteiger partial charge in [-0.05, 0) is 36.4 Å². The minimum absolute atomic E-state index is 0.0417. The average Bonchev–Trinajstić information content (AvgIpc) is 2.41. The highest BCUT2D eigenvalue weighted by Gasteiger charge is 2.16. The molecule has 0 radical (unpaired) electrons. The van der Waals surface area contributed by atoms with Crippen LogP contribution < -0.4 is 10.0 Å². The molecule has 1 heterocycles. The smallest absolute Gasteiger partial charge is 0.211 e. The minimum atomic E-state index is -3.14. The van der Waals surface area contributed by atoms with Gasteiger partial charge < -0.3 is 5.32 Å². The molecule has 0 amide bonds. The van der Waals surface area contributed by atoms with E-state index in [4.69, 9.17) is 0 Å². The highest BCUT2D eigenvalue weighted by Crippen LogP contribution is 2.18. The molecule has 0 fully saturated rings. The normalized spacial score (nSPS) is 12.5. The zero-order chi connectivity index (χ0) is 15.8. The van der Waals surface area contributed by atoms with E-state index in [-0.39, 0.29) is 11.2 Å². The largest absolute Gasteiger partial charge is 0.313 e. The summed E-state index contributed by atoms with van der Waals surface area (Å²) in [5, 5.41) is 3.27. The Bertz CT molecular complexity index is 495. The molecule has 0 aliphatic heterocycles. The second-order valence-corrected chi connectivity index (χ2v) is 8.34. The van der Waals surface area contributed by atoms with Crippen LogP contribution in [0.25, 0.3) is 0 Å². The van der Waals surface area contributed by atoms with E-state index in [1.54, 1.807) is 6.20 Å². The molecule has 120 valence electrons. The van der Waals surface area contributed by atoms with Crippen molar-refractivity contribution in [1.82, 2.24) is 15.0 Å². The third kappa shape index (κ3) is 9.55. The van der Waals surface area contributed by atoms with Crippen molar-refractivity contribution < 1.29 is 8.42 Å². The molecule has 0 aliphatic carbocycles. The lowest BCUT2D eigenvalue weighted by Gasteiger charge is -2.17. The predicted molar refractivity (Wildman–Crippen MR) is 86.4 cm³/mol. The van der Waals surface area contributed by atoms with Crippen LogP contribution in [0.3, 0.4) is 0 Å². The lowest BCUT2D eigenvalue weighted by molar-refractivity contribution is 0.396. The van der Waals surface area contributed by atoms with Crippen LogP contribution in [0.2, 0.25) is 0 Å². The molecule has 0 unspecified atom stereocenters. The quantitative estimate of drug-likeness (QED) is 0.683. The molecule has 6 heteroatoms. The third-order valence-corrected chi connectivity index (χ3v) is 4.41. The van der Waals surface area contributed by atoms with Crippen molar-refractivity contribution in [2.24, 2.45) is 5.41 Å². The highest BCUT2D eigenvalue weighted by atomic mass is 32.2. The summed E-state index contributed by atoms with van der Waals surface area (Å²) in [4.78, 5) is 4.04. The number of nitrogens with one attached hydrogen (secondary N) is 2. The summed E-state index contributed by atoms with van der Waals surface area (Å²) in [5.74, 6) is 0.194. The van der Waals surface area contributed by atoms with E-state index in [1.807, 2.05) is 39.1 Å². The fourth-order valence-electron chi connectivity index (χ4n) is 1.69. The van der Waals surface area contributed by atoms with Gasteiger partial charge in [-0.2, -0.15) is 0 Å². The molecule has 21 heavy (non-hydrogen) atoms. The van der Waals surface area contributed by atoms with Crippen molar-refractivity contribution in [2.75, 3.05) is 18.8 Å². The van der Waals surface area contributed by atoms with Crippen molar-refractivity contribution in [3.05, 3.63) is 30.1 Å². The molecule has 0 atom stereocenters. The van der Waals surface area contributed by atoms with Gasteiger partial charge in [0, 0.05) is 25.5 Å². The number of hydrogen-bond donors (Lipinski definition) is 2. The fraction of sp³-hybridized carbons (Fsp3) is 0.667. The molecule has 0 aromatic carbocycles. The van der Waals surface area contributed by atoms with Gasteiger partial charge in [0.05, 0.1) is 5.75 Å². The van der Waals surface area contributed by atoms with Crippen molar-refractivity contribution >= 4 is 10.0 Å². The molecule has 2 N–H and O–H groups in total. The fourth-order valence-corrected chi connectivity index (χ4v) is 3.17. The molecule has 0 saturated carbocycles. The lowest BCUT2D eigenvalue weighted by Crippen LogP contribution is -2.30. The van der Waals surface area contributed by atoms with Crippen LogP contribution in [-0.2, 0) is 16.6 Å². The van der Waals surface area contributed by atoms with Gasteiger partial charge in [-0.3, -0.25) is 4.98 Å². The van der Waals surface area contributed by atoms with Crippen molar-refractivity contribution in [3.63, 3.8) is 0 Å². The Morgan fingerprint density at radius 1 is 1.24 bits per heavy atom. The summed E-state index contributed by atoms with van der Waals surface area (Å²) < 4.78 is 26.2. The van der Waals surface area contributed by atoms with Crippen molar-refractivity contribution in [2.45, 2.75) is 40.2 Å². The van der Waals surface area contributed by atoms with Crippen LogP contribution in [0.4, 0.5) is 0 Å². The maximum Gasteiger partial charge on any atom is 0.211 e. The van der Waals surface area contributed by atoms with E-state index in [1.165, 1.54) is 0 Å². The SMILES string of the molecule is CC(C)(C)CCS(=O)(=O)NCCCNCc1cccnc1. The first-order valence-corrected chi connectivity index (χ1v) is 9.01. The summed E-state index contributed by atoms with van der Waals surface area (Å²) in [5.41, 5.74) is 1.17. The molecule has 1 aromatic rings. The Hall–Kier alpha value is -0.980. The summed E-state index contributed by atoms with van der Waals surface area (Å²) in [6, 6.07) is 3.91. The Morgan fingerprint density at radius 2 is 2.00 bits per heavy atom. The number of hydrogen-bond acceptors (Lipinski definition) is 4. The second-order valence-electron chi connectivity index (χ2n) is 6.42. The number of sulfonamides is 1. The van der Waals surface area contributed by atoms with Gasteiger partial charge in [0.15, 0.2) is 0 Å². The van der Waals surface area contributed by atoms with E-state index >= 15 is 0 Å². The molecule has 0 bridgehead atoms. The molecular formula is C15H27N3O2S. The van der Waals surface area contributed by atoms with Gasteiger partial charge in [-0.25, -0.2) is 13.1 Å². The van der Waals surface area contributed by atoms with Crippen molar-refractivity contribution in [3.8, 4) is 0 Å². The van der Waals surface area contributed by atoms with Crippen molar-refractivity contribution in [1.29, 1.82) is 0 Å². The van der Waals surface area contributed by atoms with Gasteiger partial charge in [-0.15, -0.1) is 0 Å². The number of nitrogens with zero attached hydrogens (tertiary/aromatic N) is 1. The predicted octanol–water partition coefficient (Wildman–Crippen LogP) is 1.92. The van der Waals surface area contributed by atoms with Gasteiger partial charge >= 0.3 is 0 Å². The average molecular weight is 313 g/mol. The maximum absolute atomic E-state index is 11.8. The molecule has 1 rings (SSSR count). The van der Waals surface area contributed by atoms with Crippen LogP contribution in [-0.4, -0.2) is 32.2 Å². The van der Waals surface area contributed by atoms with E-state index in [9.17, 15) is 8.42 Å². The molecule has 1 aromatic heterocycles. The number of pyridine rings is 1. The topological polar surface area (TPSA) is 71.1 Å². The Labute approximate surface area is 128 Å². The van der Waals surface area contributed by atoms with Gasteiger partial charge in [0.25, 0.3) is 0 Å². The van der Waals surface area contributed by atoms with Crippen LogP contribution >= 0.6 is 0 Å². The lowest BCUT2D eigenvalue weighted by atomic mass is 9.94. The Balaban J connectivity index is 2.10. The van der Waals surface area contributed by atoms with Gasteiger partial charge in [0.1, 0.15) is 0 Å². The number of aromatic nitrogens is 1. The standard InChI is InChI=1S/C15H27N3O2S/c1-15(2,3)7-11-21(19,20)18-10-5-9-17-13-14-6-4-8-16-12-14/h4,6,8,12,17-18H,5,7,9-11,13H2,1-3H3. The first-order valence-electron chi connectivity index (χ1n) is 7.35. The first kappa shape index (κ1) is 18.1. The summed E-state index contributed by atoms with van der Waals surface area (Å²) in [7, 11) is -3.14. The van der Waals surface area contributed by atoms with Crippen LogP contribution in [0.15, 0.2) is 24.5 Å². The Morgan fingerprint density at radius 3 is 2.62 bits per heavy atom. The first-order chi connectivity index (χ1) is 9.79. The zero-order valence-electron chi connectivity index (χ0n) is 13.2. The Kier molecular flexibility index (Phi) is 7.28. The molecule has 0 saturated heterocycles. The molecule has 0 aliphatic rings. The van der Waals surface area contributed by atoms with Crippen LogP contribution in [0.1, 0.15) is 39.2 Å². The van der Waals surface area contributed by atoms with Gasteiger partial charge in [0.2, 0.25) is 10.0 Å². The van der Waals surface area contributed by atoms with E-state index < -0.39 is 10.0 Å². The third-order valence-electron chi connectivity index (χ3n) is 3.03. The number of rotatable bonds is 9. The second kappa shape index (κ2) is 8.46.